The van der Waals surface area contributed by atoms with Gasteiger partial charge in [-0.15, -0.1) is 0 Å². The van der Waals surface area contributed by atoms with Crippen LogP contribution in [0.1, 0.15) is 5.56 Å². The highest BCUT2D eigenvalue weighted by atomic mass is 16.5. The molecule has 0 spiro atoms. The second-order valence-electron chi connectivity index (χ2n) is 3.89. The molecule has 88 valence electrons. The predicted octanol–water partition coefficient (Wildman–Crippen LogP) is 1.75. The Morgan fingerprint density at radius 3 is 2.47 bits per heavy atom. The molecule has 0 aliphatic carbocycles. The van der Waals surface area contributed by atoms with Crippen molar-refractivity contribution in [2.75, 3.05) is 26.3 Å². The molecule has 17 heavy (non-hydrogen) atoms. The standard InChI is InChI=1S/C14H15NO2/c1-12(13-5-3-2-4-6-13)14(11-16)15-7-9-17-10-8-15/h2-6H,1,7-10H2. The zero-order valence-electron chi connectivity index (χ0n) is 9.69. The van der Waals surface area contributed by atoms with Gasteiger partial charge in [-0.25, -0.2) is 4.79 Å². The first-order valence-electron chi connectivity index (χ1n) is 5.65. The van der Waals surface area contributed by atoms with Gasteiger partial charge in [0.1, 0.15) is 5.70 Å². The summed E-state index contributed by atoms with van der Waals surface area (Å²) in [6, 6.07) is 9.69. The van der Waals surface area contributed by atoms with E-state index in [4.69, 9.17) is 4.74 Å². The van der Waals surface area contributed by atoms with Gasteiger partial charge in [-0.05, 0) is 5.56 Å². The maximum absolute atomic E-state index is 11.1. The van der Waals surface area contributed by atoms with E-state index in [1.54, 1.807) is 0 Å². The van der Waals surface area contributed by atoms with E-state index < -0.39 is 0 Å². The molecule has 2 rings (SSSR count). The summed E-state index contributed by atoms with van der Waals surface area (Å²) in [7, 11) is 0. The van der Waals surface area contributed by atoms with Gasteiger partial charge in [-0.3, -0.25) is 0 Å². The Bertz CT molecular complexity index is 441. The molecule has 0 N–H and O–H groups in total. The lowest BCUT2D eigenvalue weighted by molar-refractivity contribution is 0.0565. The molecular weight excluding hydrogens is 214 g/mol. The van der Waals surface area contributed by atoms with E-state index in [0.717, 1.165) is 24.2 Å². The van der Waals surface area contributed by atoms with Gasteiger partial charge in [-0.2, -0.15) is 0 Å². The van der Waals surface area contributed by atoms with Crippen LogP contribution in [0.4, 0.5) is 0 Å². The van der Waals surface area contributed by atoms with Crippen molar-refractivity contribution in [1.82, 2.24) is 4.90 Å². The molecule has 0 saturated carbocycles. The van der Waals surface area contributed by atoms with Gasteiger partial charge in [0.15, 0.2) is 5.94 Å². The Hall–Kier alpha value is -1.83. The van der Waals surface area contributed by atoms with E-state index in [2.05, 4.69) is 6.58 Å². The molecule has 0 unspecified atom stereocenters. The molecule has 3 heteroatoms. The molecular formula is C14H15NO2. The largest absolute Gasteiger partial charge is 0.378 e. The maximum Gasteiger partial charge on any atom is 0.151 e. The van der Waals surface area contributed by atoms with E-state index in [1.165, 1.54) is 0 Å². The van der Waals surface area contributed by atoms with Gasteiger partial charge in [0, 0.05) is 18.7 Å². The fourth-order valence-electron chi connectivity index (χ4n) is 1.88. The van der Waals surface area contributed by atoms with Crippen LogP contribution in [0.5, 0.6) is 0 Å². The van der Waals surface area contributed by atoms with Crippen molar-refractivity contribution >= 4 is 11.5 Å². The summed E-state index contributed by atoms with van der Waals surface area (Å²) in [5.41, 5.74) is 2.22. The van der Waals surface area contributed by atoms with Gasteiger partial charge >= 0.3 is 0 Å². The fourth-order valence-corrected chi connectivity index (χ4v) is 1.88. The van der Waals surface area contributed by atoms with Crippen LogP contribution in [0.15, 0.2) is 42.6 Å². The molecule has 1 aromatic carbocycles. The summed E-state index contributed by atoms with van der Waals surface area (Å²) < 4.78 is 5.27. The molecule has 1 saturated heterocycles. The Morgan fingerprint density at radius 2 is 1.88 bits per heavy atom. The first kappa shape index (κ1) is 11.6. The molecule has 1 aliphatic rings. The Morgan fingerprint density at radius 1 is 1.24 bits per heavy atom. The van der Waals surface area contributed by atoms with Gasteiger partial charge in [-0.1, -0.05) is 36.9 Å². The lowest BCUT2D eigenvalue weighted by Crippen LogP contribution is -2.36. The van der Waals surface area contributed by atoms with Gasteiger partial charge in [0.2, 0.25) is 0 Å². The number of morpholine rings is 1. The molecule has 0 bridgehead atoms. The lowest BCUT2D eigenvalue weighted by Gasteiger charge is -2.29. The third-order valence-corrected chi connectivity index (χ3v) is 2.83. The molecule has 0 radical (unpaired) electrons. The highest BCUT2D eigenvalue weighted by Gasteiger charge is 2.17. The van der Waals surface area contributed by atoms with Crippen molar-refractivity contribution in [3.8, 4) is 0 Å². The lowest BCUT2D eigenvalue weighted by atomic mass is 10.0. The molecule has 1 heterocycles. The molecule has 1 aliphatic heterocycles. The van der Waals surface area contributed by atoms with Gasteiger partial charge in [0.25, 0.3) is 0 Å². The molecule has 1 aromatic rings. The molecule has 0 amide bonds. The van der Waals surface area contributed by atoms with Crippen molar-refractivity contribution < 1.29 is 9.53 Å². The summed E-state index contributed by atoms with van der Waals surface area (Å²) in [6.45, 7) is 6.72. The topological polar surface area (TPSA) is 29.5 Å². The monoisotopic (exact) mass is 229 g/mol. The third kappa shape index (κ3) is 2.64. The number of hydrogen-bond acceptors (Lipinski definition) is 3. The van der Waals surface area contributed by atoms with Gasteiger partial charge < -0.3 is 9.64 Å². The van der Waals surface area contributed by atoms with Crippen molar-refractivity contribution in [2.45, 2.75) is 0 Å². The molecule has 1 fully saturated rings. The van der Waals surface area contributed by atoms with Crippen molar-refractivity contribution in [3.63, 3.8) is 0 Å². The Labute approximate surface area is 101 Å². The number of rotatable bonds is 3. The smallest absolute Gasteiger partial charge is 0.151 e. The maximum atomic E-state index is 11.1. The Kier molecular flexibility index (Phi) is 3.76. The second kappa shape index (κ2) is 5.48. The van der Waals surface area contributed by atoms with Crippen LogP contribution < -0.4 is 0 Å². The fraction of sp³-hybridized carbons (Fsp3) is 0.286. The minimum atomic E-state index is 0.541. The molecule has 0 aromatic heterocycles. The van der Waals surface area contributed by atoms with E-state index in [0.29, 0.717) is 18.9 Å². The van der Waals surface area contributed by atoms with E-state index in [1.807, 2.05) is 41.2 Å². The van der Waals surface area contributed by atoms with E-state index in [9.17, 15) is 4.79 Å². The molecule has 3 nitrogen and oxygen atoms in total. The quantitative estimate of drug-likeness (QED) is 0.584. The van der Waals surface area contributed by atoms with Crippen LogP contribution in [0.25, 0.3) is 5.57 Å². The number of allylic oxidation sites excluding steroid dienone is 1. The van der Waals surface area contributed by atoms with Crippen LogP contribution in [0, 0.1) is 0 Å². The van der Waals surface area contributed by atoms with Crippen molar-refractivity contribution in [2.24, 2.45) is 0 Å². The van der Waals surface area contributed by atoms with Crippen LogP contribution in [-0.2, 0) is 9.53 Å². The van der Waals surface area contributed by atoms with Gasteiger partial charge in [0.05, 0.1) is 13.2 Å². The van der Waals surface area contributed by atoms with Crippen molar-refractivity contribution in [3.05, 3.63) is 48.2 Å². The number of nitrogens with zero attached hydrogens (tertiary/aromatic N) is 1. The third-order valence-electron chi connectivity index (χ3n) is 2.83. The normalized spacial score (nSPS) is 15.2. The summed E-state index contributed by atoms with van der Waals surface area (Å²) in [4.78, 5) is 13.1. The number of hydrogen-bond donors (Lipinski definition) is 0. The van der Waals surface area contributed by atoms with E-state index in [-0.39, 0.29) is 0 Å². The highest BCUT2D eigenvalue weighted by molar-refractivity contribution is 5.85. The summed E-state index contributed by atoms with van der Waals surface area (Å²) in [5.74, 6) is 2.01. The Balaban J connectivity index is 2.19. The average Bonchev–Trinajstić information content (AvgIpc) is 2.42. The molecule has 0 atom stereocenters. The van der Waals surface area contributed by atoms with E-state index >= 15 is 0 Å². The average molecular weight is 229 g/mol. The number of carbonyl (C=O) groups excluding carboxylic acids is 1. The SMILES string of the molecule is C=C(C(=C=O)N1CCOCC1)c1ccccc1. The minimum Gasteiger partial charge on any atom is -0.378 e. The first-order valence-corrected chi connectivity index (χ1v) is 5.65. The van der Waals surface area contributed by atoms with Crippen LogP contribution >= 0.6 is 0 Å². The minimum absolute atomic E-state index is 0.541. The summed E-state index contributed by atoms with van der Waals surface area (Å²) in [6.07, 6.45) is 0. The predicted molar refractivity (Wildman–Crippen MR) is 67.1 cm³/mol. The zero-order valence-corrected chi connectivity index (χ0v) is 9.69. The highest BCUT2D eigenvalue weighted by Crippen LogP contribution is 2.22. The van der Waals surface area contributed by atoms with Crippen LogP contribution in [0.3, 0.4) is 0 Å². The van der Waals surface area contributed by atoms with Crippen LogP contribution in [-0.4, -0.2) is 37.1 Å². The zero-order chi connectivity index (χ0) is 12.1. The van der Waals surface area contributed by atoms with Crippen LogP contribution in [0.2, 0.25) is 0 Å². The van der Waals surface area contributed by atoms with Crippen molar-refractivity contribution in [1.29, 1.82) is 0 Å². The summed E-state index contributed by atoms with van der Waals surface area (Å²) >= 11 is 0. The first-order chi connectivity index (χ1) is 8.33. The summed E-state index contributed by atoms with van der Waals surface area (Å²) in [5, 5.41) is 0. The number of benzene rings is 1. The number of ether oxygens (including phenoxy) is 1. The second-order valence-corrected chi connectivity index (χ2v) is 3.89.